The van der Waals surface area contributed by atoms with Gasteiger partial charge in [-0.1, -0.05) is 19.3 Å². The summed E-state index contributed by atoms with van der Waals surface area (Å²) in [6, 6.07) is 0.289. The van der Waals surface area contributed by atoms with E-state index in [0.717, 1.165) is 12.8 Å². The van der Waals surface area contributed by atoms with Crippen molar-refractivity contribution < 1.29 is 14.3 Å². The molecule has 0 aromatic carbocycles. The lowest BCUT2D eigenvalue weighted by atomic mass is 9.95. The Morgan fingerprint density at radius 3 is 2.50 bits per heavy atom. The van der Waals surface area contributed by atoms with Crippen LogP contribution in [0.2, 0.25) is 0 Å². The maximum absolute atomic E-state index is 11.8. The second-order valence-corrected chi connectivity index (χ2v) is 6.04. The maximum atomic E-state index is 11.8. The summed E-state index contributed by atoms with van der Waals surface area (Å²) in [5, 5.41) is 5.62. The molecule has 0 bridgehead atoms. The van der Waals surface area contributed by atoms with E-state index >= 15 is 0 Å². The van der Waals surface area contributed by atoms with Gasteiger partial charge < -0.3 is 15.4 Å². The van der Waals surface area contributed by atoms with Crippen LogP contribution in [-0.2, 0) is 14.3 Å². The third-order valence-electron chi connectivity index (χ3n) is 4.04. The van der Waals surface area contributed by atoms with Gasteiger partial charge in [-0.15, -0.1) is 0 Å². The predicted octanol–water partition coefficient (Wildman–Crippen LogP) is 1.37. The zero-order valence-electron chi connectivity index (χ0n) is 12.3. The summed E-state index contributed by atoms with van der Waals surface area (Å²) in [4.78, 5) is 23.5. The van der Waals surface area contributed by atoms with Crippen LogP contribution in [0.4, 0.5) is 0 Å². The Hall–Kier alpha value is -1.10. The van der Waals surface area contributed by atoms with Crippen molar-refractivity contribution in [3.8, 4) is 0 Å². The highest BCUT2D eigenvalue weighted by atomic mass is 16.5. The van der Waals surface area contributed by atoms with Gasteiger partial charge in [0.15, 0.2) is 0 Å². The standard InChI is InChI=1S/C15H26N2O3/c1-11(20-10-12-7-8-12)15(19)16-9-14(18)17-13-5-3-2-4-6-13/h11-13H,2-10H2,1H3,(H,16,19)(H,17,18). The lowest BCUT2D eigenvalue weighted by Crippen LogP contribution is -2.45. The van der Waals surface area contributed by atoms with E-state index in [1.165, 1.54) is 32.1 Å². The number of ether oxygens (including phenoxy) is 1. The molecule has 0 aromatic rings. The second kappa shape index (κ2) is 7.62. The van der Waals surface area contributed by atoms with Crippen LogP contribution in [0.15, 0.2) is 0 Å². The van der Waals surface area contributed by atoms with Gasteiger partial charge in [0, 0.05) is 6.04 Å². The van der Waals surface area contributed by atoms with Gasteiger partial charge in [-0.25, -0.2) is 0 Å². The van der Waals surface area contributed by atoms with Gasteiger partial charge >= 0.3 is 0 Å². The van der Waals surface area contributed by atoms with E-state index in [9.17, 15) is 9.59 Å². The van der Waals surface area contributed by atoms with E-state index < -0.39 is 6.10 Å². The van der Waals surface area contributed by atoms with E-state index in [-0.39, 0.29) is 24.4 Å². The summed E-state index contributed by atoms with van der Waals surface area (Å²) in [5.41, 5.74) is 0. The summed E-state index contributed by atoms with van der Waals surface area (Å²) in [6.45, 7) is 2.44. The van der Waals surface area contributed by atoms with Gasteiger partial charge in [0.2, 0.25) is 11.8 Å². The number of nitrogens with one attached hydrogen (secondary N) is 2. The molecule has 1 unspecified atom stereocenters. The van der Waals surface area contributed by atoms with Crippen LogP contribution in [0.3, 0.4) is 0 Å². The average molecular weight is 282 g/mol. The summed E-state index contributed by atoms with van der Waals surface area (Å²) >= 11 is 0. The molecule has 2 aliphatic rings. The Bertz CT molecular complexity index is 336. The average Bonchev–Trinajstić information content (AvgIpc) is 3.27. The van der Waals surface area contributed by atoms with E-state index in [0.29, 0.717) is 12.5 Å². The molecule has 0 radical (unpaired) electrons. The fourth-order valence-corrected chi connectivity index (χ4v) is 2.48. The molecule has 0 aliphatic heterocycles. The van der Waals surface area contributed by atoms with Crippen LogP contribution in [0, 0.1) is 5.92 Å². The van der Waals surface area contributed by atoms with Crippen LogP contribution in [-0.4, -0.2) is 37.1 Å². The van der Waals surface area contributed by atoms with Crippen LogP contribution in [0.5, 0.6) is 0 Å². The van der Waals surface area contributed by atoms with E-state index in [4.69, 9.17) is 4.74 Å². The zero-order chi connectivity index (χ0) is 14.4. The Labute approximate surface area is 120 Å². The Morgan fingerprint density at radius 1 is 1.15 bits per heavy atom. The minimum atomic E-state index is -0.474. The number of carbonyl (C=O) groups excluding carboxylic acids is 2. The molecular formula is C15H26N2O3. The molecule has 20 heavy (non-hydrogen) atoms. The van der Waals surface area contributed by atoms with Gasteiger partial charge in [-0.2, -0.15) is 0 Å². The lowest BCUT2D eigenvalue weighted by molar-refractivity contribution is -0.134. The number of hydrogen-bond donors (Lipinski definition) is 2. The maximum Gasteiger partial charge on any atom is 0.249 e. The molecule has 0 aromatic heterocycles. The van der Waals surface area contributed by atoms with Crippen molar-refractivity contribution >= 4 is 11.8 Å². The predicted molar refractivity (Wildman–Crippen MR) is 76.2 cm³/mol. The van der Waals surface area contributed by atoms with E-state index in [1.807, 2.05) is 0 Å². The topological polar surface area (TPSA) is 67.4 Å². The van der Waals surface area contributed by atoms with Crippen LogP contribution in [0.1, 0.15) is 51.9 Å². The quantitative estimate of drug-likeness (QED) is 0.741. The molecule has 0 saturated heterocycles. The number of carbonyl (C=O) groups is 2. The fourth-order valence-electron chi connectivity index (χ4n) is 2.48. The molecule has 2 amide bonds. The van der Waals surface area contributed by atoms with Crippen molar-refractivity contribution in [2.24, 2.45) is 5.92 Å². The monoisotopic (exact) mass is 282 g/mol. The largest absolute Gasteiger partial charge is 0.368 e. The SMILES string of the molecule is CC(OCC1CC1)C(=O)NCC(=O)NC1CCCCC1. The first-order valence-electron chi connectivity index (χ1n) is 7.84. The van der Waals surface area contributed by atoms with Gasteiger partial charge in [-0.05, 0) is 38.5 Å². The molecule has 5 heteroatoms. The second-order valence-electron chi connectivity index (χ2n) is 6.04. The van der Waals surface area contributed by atoms with Crippen LogP contribution < -0.4 is 10.6 Å². The molecule has 2 fully saturated rings. The highest BCUT2D eigenvalue weighted by Crippen LogP contribution is 2.29. The highest BCUT2D eigenvalue weighted by molar-refractivity contribution is 5.86. The Morgan fingerprint density at radius 2 is 1.85 bits per heavy atom. The van der Waals surface area contributed by atoms with Crippen molar-refractivity contribution in [2.75, 3.05) is 13.2 Å². The summed E-state index contributed by atoms with van der Waals surface area (Å²) < 4.78 is 5.47. The molecule has 0 heterocycles. The van der Waals surface area contributed by atoms with Gasteiger partial charge in [0.05, 0.1) is 13.2 Å². The van der Waals surface area contributed by atoms with Crippen molar-refractivity contribution in [1.82, 2.24) is 10.6 Å². The molecule has 5 nitrogen and oxygen atoms in total. The minimum absolute atomic E-state index is 0.0481. The number of rotatable bonds is 7. The first kappa shape index (κ1) is 15.3. The lowest BCUT2D eigenvalue weighted by Gasteiger charge is -2.23. The molecule has 1 atom stereocenters. The third kappa shape index (κ3) is 5.49. The minimum Gasteiger partial charge on any atom is -0.368 e. The molecule has 2 saturated carbocycles. The van der Waals surface area contributed by atoms with Crippen molar-refractivity contribution in [3.63, 3.8) is 0 Å². The molecule has 114 valence electrons. The molecular weight excluding hydrogens is 256 g/mol. The summed E-state index contributed by atoms with van der Waals surface area (Å²) in [6.07, 6.45) is 7.68. The third-order valence-corrected chi connectivity index (χ3v) is 4.04. The number of amides is 2. The smallest absolute Gasteiger partial charge is 0.249 e. The Kier molecular flexibility index (Phi) is 5.83. The molecule has 2 rings (SSSR count). The summed E-state index contributed by atoms with van der Waals surface area (Å²) in [7, 11) is 0. The normalized spacial score (nSPS) is 21.2. The Balaban J connectivity index is 1.57. The van der Waals surface area contributed by atoms with Gasteiger partial charge in [0.1, 0.15) is 6.10 Å². The molecule has 2 aliphatic carbocycles. The summed E-state index contributed by atoms with van der Waals surface area (Å²) in [5.74, 6) is 0.337. The van der Waals surface area contributed by atoms with Crippen molar-refractivity contribution in [2.45, 2.75) is 64.0 Å². The first-order chi connectivity index (χ1) is 9.65. The van der Waals surface area contributed by atoms with Crippen LogP contribution in [0.25, 0.3) is 0 Å². The first-order valence-corrected chi connectivity index (χ1v) is 7.84. The van der Waals surface area contributed by atoms with E-state index in [1.54, 1.807) is 6.92 Å². The molecule has 2 N–H and O–H groups in total. The van der Waals surface area contributed by atoms with E-state index in [2.05, 4.69) is 10.6 Å². The van der Waals surface area contributed by atoms with Gasteiger partial charge in [-0.3, -0.25) is 9.59 Å². The number of hydrogen-bond acceptors (Lipinski definition) is 3. The molecule has 0 spiro atoms. The van der Waals surface area contributed by atoms with Crippen molar-refractivity contribution in [1.29, 1.82) is 0 Å². The van der Waals surface area contributed by atoms with Gasteiger partial charge in [0.25, 0.3) is 0 Å². The van der Waals surface area contributed by atoms with Crippen LogP contribution >= 0.6 is 0 Å². The van der Waals surface area contributed by atoms with Crippen molar-refractivity contribution in [3.05, 3.63) is 0 Å². The zero-order valence-corrected chi connectivity index (χ0v) is 12.3. The fraction of sp³-hybridized carbons (Fsp3) is 0.867. The highest BCUT2D eigenvalue weighted by Gasteiger charge is 2.24.